The highest BCUT2D eigenvalue weighted by Crippen LogP contribution is 2.26. The topological polar surface area (TPSA) is 63.7 Å². The van der Waals surface area contributed by atoms with Crippen molar-refractivity contribution in [2.45, 2.75) is 27.2 Å². The van der Waals surface area contributed by atoms with Gasteiger partial charge in [0, 0.05) is 24.2 Å². The molecule has 0 spiro atoms. The average Bonchev–Trinajstić information content (AvgIpc) is 3.04. The highest BCUT2D eigenvalue weighted by molar-refractivity contribution is 6.01. The predicted molar refractivity (Wildman–Crippen MR) is 103 cm³/mol. The van der Waals surface area contributed by atoms with Gasteiger partial charge >= 0.3 is 5.97 Å². The summed E-state index contributed by atoms with van der Waals surface area (Å²) in [4.78, 5) is 38.6. The molecule has 2 aromatic carbocycles. The van der Waals surface area contributed by atoms with Gasteiger partial charge in [-0.05, 0) is 44.5 Å². The Bertz CT molecular complexity index is 886. The number of benzene rings is 2. The van der Waals surface area contributed by atoms with E-state index in [0.717, 1.165) is 22.4 Å². The summed E-state index contributed by atoms with van der Waals surface area (Å²) < 4.78 is 5.22. The van der Waals surface area contributed by atoms with E-state index in [1.54, 1.807) is 11.0 Å². The van der Waals surface area contributed by atoms with Gasteiger partial charge in [0.05, 0.1) is 5.92 Å². The smallest absolute Gasteiger partial charge is 0.311 e. The minimum absolute atomic E-state index is 0.102. The molecule has 1 fully saturated rings. The van der Waals surface area contributed by atoms with E-state index in [1.165, 1.54) is 0 Å². The second-order valence-electron chi connectivity index (χ2n) is 7.09. The van der Waals surface area contributed by atoms with Crippen molar-refractivity contribution < 1.29 is 19.1 Å². The van der Waals surface area contributed by atoms with Crippen molar-refractivity contribution in [1.29, 1.82) is 0 Å². The molecule has 0 aromatic heterocycles. The SMILES string of the molecule is Cc1ccc(N2C[C@@H](C(=O)OCC(=O)c3cc(C)ccc3C)CC2=O)cc1. The summed E-state index contributed by atoms with van der Waals surface area (Å²) in [5, 5.41) is 0. The molecule has 1 heterocycles. The Morgan fingerprint density at radius 1 is 1.04 bits per heavy atom. The van der Waals surface area contributed by atoms with Gasteiger partial charge in [-0.2, -0.15) is 0 Å². The maximum absolute atomic E-state index is 12.4. The van der Waals surface area contributed by atoms with Crippen molar-refractivity contribution in [2.75, 3.05) is 18.1 Å². The first-order valence-electron chi connectivity index (χ1n) is 8.99. The summed E-state index contributed by atoms with van der Waals surface area (Å²) in [7, 11) is 0. The zero-order chi connectivity index (χ0) is 19.6. The third-order valence-corrected chi connectivity index (χ3v) is 4.84. The van der Waals surface area contributed by atoms with Gasteiger partial charge in [-0.15, -0.1) is 0 Å². The number of esters is 1. The Balaban J connectivity index is 1.60. The maximum Gasteiger partial charge on any atom is 0.311 e. The molecule has 1 amide bonds. The van der Waals surface area contributed by atoms with E-state index in [-0.39, 0.29) is 31.3 Å². The van der Waals surface area contributed by atoms with Crippen LogP contribution in [-0.4, -0.2) is 30.8 Å². The van der Waals surface area contributed by atoms with Gasteiger partial charge < -0.3 is 9.64 Å². The molecule has 1 aliphatic heterocycles. The highest BCUT2D eigenvalue weighted by Gasteiger charge is 2.36. The number of rotatable bonds is 5. The van der Waals surface area contributed by atoms with Gasteiger partial charge in [0.25, 0.3) is 0 Å². The number of Topliss-reactive ketones (excluding diaryl/α,β-unsaturated/α-hetero) is 1. The number of aryl methyl sites for hydroxylation is 3. The van der Waals surface area contributed by atoms with Gasteiger partial charge in [-0.3, -0.25) is 14.4 Å². The van der Waals surface area contributed by atoms with Crippen molar-refractivity contribution in [3.8, 4) is 0 Å². The Morgan fingerprint density at radius 2 is 1.70 bits per heavy atom. The van der Waals surface area contributed by atoms with Crippen molar-refractivity contribution in [1.82, 2.24) is 0 Å². The normalized spacial score (nSPS) is 16.5. The molecule has 5 nitrogen and oxygen atoms in total. The van der Waals surface area contributed by atoms with E-state index >= 15 is 0 Å². The molecule has 0 saturated carbocycles. The van der Waals surface area contributed by atoms with E-state index in [1.807, 2.05) is 57.2 Å². The number of anilines is 1. The Kier molecular flexibility index (Phi) is 5.40. The summed E-state index contributed by atoms with van der Waals surface area (Å²) >= 11 is 0. The second-order valence-corrected chi connectivity index (χ2v) is 7.09. The largest absolute Gasteiger partial charge is 0.457 e. The summed E-state index contributed by atoms with van der Waals surface area (Å²) in [6.45, 7) is 5.70. The maximum atomic E-state index is 12.4. The van der Waals surface area contributed by atoms with Crippen LogP contribution in [-0.2, 0) is 14.3 Å². The third kappa shape index (κ3) is 4.25. The number of ketones is 1. The van der Waals surface area contributed by atoms with E-state index in [4.69, 9.17) is 4.74 Å². The second kappa shape index (κ2) is 7.74. The molecule has 0 aliphatic carbocycles. The van der Waals surface area contributed by atoms with Crippen molar-refractivity contribution in [3.05, 3.63) is 64.7 Å². The van der Waals surface area contributed by atoms with Crippen LogP contribution in [0.4, 0.5) is 5.69 Å². The Hall–Kier alpha value is -2.95. The molecular formula is C22H23NO4. The average molecular weight is 365 g/mol. The fourth-order valence-electron chi connectivity index (χ4n) is 3.21. The van der Waals surface area contributed by atoms with Gasteiger partial charge in [-0.25, -0.2) is 0 Å². The van der Waals surface area contributed by atoms with E-state index in [0.29, 0.717) is 5.56 Å². The third-order valence-electron chi connectivity index (χ3n) is 4.84. The van der Waals surface area contributed by atoms with Crippen LogP contribution in [0.15, 0.2) is 42.5 Å². The predicted octanol–water partition coefficient (Wildman–Crippen LogP) is 3.39. The molecular weight excluding hydrogens is 342 g/mol. The van der Waals surface area contributed by atoms with Gasteiger partial charge in [0.2, 0.25) is 11.7 Å². The van der Waals surface area contributed by atoms with Crippen LogP contribution in [0, 0.1) is 26.7 Å². The number of hydrogen-bond acceptors (Lipinski definition) is 4. The number of amides is 1. The molecule has 0 N–H and O–H groups in total. The quantitative estimate of drug-likeness (QED) is 0.602. The van der Waals surface area contributed by atoms with Gasteiger partial charge in [0.1, 0.15) is 0 Å². The lowest BCUT2D eigenvalue weighted by Crippen LogP contribution is -2.27. The molecule has 1 atom stereocenters. The summed E-state index contributed by atoms with van der Waals surface area (Å²) in [5.74, 6) is -1.40. The zero-order valence-corrected chi connectivity index (χ0v) is 15.8. The van der Waals surface area contributed by atoms with E-state index in [9.17, 15) is 14.4 Å². The molecule has 1 saturated heterocycles. The fourth-order valence-corrected chi connectivity index (χ4v) is 3.21. The van der Waals surface area contributed by atoms with Crippen LogP contribution in [0.3, 0.4) is 0 Å². The van der Waals surface area contributed by atoms with Crippen molar-refractivity contribution in [3.63, 3.8) is 0 Å². The summed E-state index contributed by atoms with van der Waals surface area (Å²) in [6.07, 6.45) is 0.102. The van der Waals surface area contributed by atoms with E-state index in [2.05, 4.69) is 0 Å². The van der Waals surface area contributed by atoms with Crippen LogP contribution in [0.1, 0.15) is 33.5 Å². The molecule has 0 bridgehead atoms. The number of nitrogens with zero attached hydrogens (tertiary/aromatic N) is 1. The van der Waals surface area contributed by atoms with Crippen molar-refractivity contribution >= 4 is 23.3 Å². The zero-order valence-electron chi connectivity index (χ0n) is 15.8. The lowest BCUT2D eigenvalue weighted by Gasteiger charge is -2.16. The molecule has 5 heteroatoms. The molecule has 0 radical (unpaired) electrons. The molecule has 140 valence electrons. The van der Waals surface area contributed by atoms with Gasteiger partial charge in [0.15, 0.2) is 6.61 Å². The monoisotopic (exact) mass is 365 g/mol. The van der Waals surface area contributed by atoms with E-state index < -0.39 is 11.9 Å². The number of ether oxygens (including phenoxy) is 1. The lowest BCUT2D eigenvalue weighted by molar-refractivity contribution is -0.147. The number of carbonyl (C=O) groups is 3. The minimum Gasteiger partial charge on any atom is -0.457 e. The molecule has 3 rings (SSSR count). The molecule has 2 aromatic rings. The minimum atomic E-state index is -0.551. The van der Waals surface area contributed by atoms with Crippen LogP contribution in [0.25, 0.3) is 0 Å². The fraction of sp³-hybridized carbons (Fsp3) is 0.318. The molecule has 0 unspecified atom stereocenters. The summed E-state index contributed by atoms with van der Waals surface area (Å²) in [5.41, 5.74) is 4.26. The molecule has 1 aliphatic rings. The lowest BCUT2D eigenvalue weighted by atomic mass is 10.0. The Morgan fingerprint density at radius 3 is 2.41 bits per heavy atom. The number of hydrogen-bond donors (Lipinski definition) is 0. The summed E-state index contributed by atoms with van der Waals surface area (Å²) in [6, 6.07) is 13.2. The van der Waals surface area contributed by atoms with Crippen LogP contribution in [0.5, 0.6) is 0 Å². The van der Waals surface area contributed by atoms with Crippen LogP contribution >= 0.6 is 0 Å². The van der Waals surface area contributed by atoms with Crippen molar-refractivity contribution in [2.24, 2.45) is 5.92 Å². The first-order valence-corrected chi connectivity index (χ1v) is 8.99. The Labute approximate surface area is 158 Å². The first-order chi connectivity index (χ1) is 12.8. The first kappa shape index (κ1) is 18.8. The van der Waals surface area contributed by atoms with Crippen LogP contribution < -0.4 is 4.90 Å². The number of carbonyl (C=O) groups excluding carboxylic acids is 3. The highest BCUT2D eigenvalue weighted by atomic mass is 16.5. The van der Waals surface area contributed by atoms with Crippen LogP contribution in [0.2, 0.25) is 0 Å². The van der Waals surface area contributed by atoms with Gasteiger partial charge in [-0.1, -0.05) is 35.4 Å². The molecule has 27 heavy (non-hydrogen) atoms. The standard InChI is InChI=1S/C22H23NO4/c1-14-5-8-18(9-6-14)23-12-17(11-21(23)25)22(26)27-13-20(24)19-10-15(2)4-7-16(19)3/h4-10,17H,11-13H2,1-3H3/t17-/m0/s1.